The maximum absolute atomic E-state index is 13.1. The molecule has 2 nitrogen and oxygen atoms in total. The maximum Gasteiger partial charge on any atom is 0.123 e. The first kappa shape index (κ1) is 12.5. The topological polar surface area (TPSA) is 35.2 Å². The molecule has 0 bridgehead atoms. The van der Waals surface area contributed by atoms with Gasteiger partial charge in [-0.2, -0.15) is 0 Å². The number of halogens is 1. The zero-order valence-corrected chi connectivity index (χ0v) is 10.5. The highest BCUT2D eigenvalue weighted by Gasteiger charge is 2.40. The van der Waals surface area contributed by atoms with Crippen LogP contribution in [0.25, 0.3) is 0 Å². The summed E-state index contributed by atoms with van der Waals surface area (Å²) in [6.07, 6.45) is 2.04. The third kappa shape index (κ3) is 2.35. The summed E-state index contributed by atoms with van der Waals surface area (Å²) in [5.74, 6) is -0.177. The molecule has 3 heteroatoms. The van der Waals surface area contributed by atoms with Crippen molar-refractivity contribution < 1.29 is 9.13 Å². The van der Waals surface area contributed by atoms with Crippen LogP contribution in [0.2, 0.25) is 0 Å². The standard InChI is InChI=1S/C14H20FNO/c1-10-7-13(15)4-3-12(10)8-14(9-16)5-6-17-11(14)2/h3-4,7,11H,5-6,8-9,16H2,1-2H3. The van der Waals surface area contributed by atoms with Crippen LogP contribution in [-0.4, -0.2) is 19.3 Å². The van der Waals surface area contributed by atoms with E-state index in [0.717, 1.165) is 25.0 Å². The molecule has 2 rings (SSSR count). The van der Waals surface area contributed by atoms with E-state index in [1.807, 2.05) is 13.0 Å². The lowest BCUT2D eigenvalue weighted by Crippen LogP contribution is -2.38. The summed E-state index contributed by atoms with van der Waals surface area (Å²) in [5.41, 5.74) is 8.12. The minimum Gasteiger partial charge on any atom is -0.378 e. The Bertz CT molecular complexity index is 407. The summed E-state index contributed by atoms with van der Waals surface area (Å²) in [6, 6.07) is 4.97. The van der Waals surface area contributed by atoms with Crippen LogP contribution in [0.15, 0.2) is 18.2 Å². The van der Waals surface area contributed by atoms with Crippen LogP contribution in [0, 0.1) is 18.2 Å². The van der Waals surface area contributed by atoms with Crippen molar-refractivity contribution in [2.75, 3.05) is 13.2 Å². The first-order valence-electron chi connectivity index (χ1n) is 6.14. The van der Waals surface area contributed by atoms with E-state index in [1.165, 1.54) is 11.6 Å². The van der Waals surface area contributed by atoms with Crippen molar-refractivity contribution in [2.24, 2.45) is 11.1 Å². The minimum absolute atomic E-state index is 0.0165. The Labute approximate surface area is 102 Å². The SMILES string of the molecule is Cc1cc(F)ccc1CC1(CN)CCOC1C. The van der Waals surface area contributed by atoms with Crippen LogP contribution >= 0.6 is 0 Å². The van der Waals surface area contributed by atoms with Gasteiger partial charge in [0.05, 0.1) is 6.10 Å². The highest BCUT2D eigenvalue weighted by atomic mass is 19.1. The Morgan fingerprint density at radius 1 is 1.53 bits per heavy atom. The molecule has 1 heterocycles. The first-order valence-corrected chi connectivity index (χ1v) is 6.14. The summed E-state index contributed by atoms with van der Waals surface area (Å²) in [5, 5.41) is 0. The van der Waals surface area contributed by atoms with Gasteiger partial charge in [0.1, 0.15) is 5.82 Å². The normalized spacial score (nSPS) is 28.6. The number of rotatable bonds is 3. The lowest BCUT2D eigenvalue weighted by molar-refractivity contribution is 0.0673. The highest BCUT2D eigenvalue weighted by molar-refractivity contribution is 5.28. The van der Waals surface area contributed by atoms with E-state index in [-0.39, 0.29) is 17.3 Å². The molecule has 1 fully saturated rings. The fourth-order valence-corrected chi connectivity index (χ4v) is 2.63. The number of ether oxygens (including phenoxy) is 1. The Kier molecular flexibility index (Phi) is 3.50. The number of aryl methyl sites for hydroxylation is 1. The molecule has 1 aromatic carbocycles. The Hall–Kier alpha value is -0.930. The summed E-state index contributed by atoms with van der Waals surface area (Å²) in [4.78, 5) is 0. The average Bonchev–Trinajstić information content (AvgIpc) is 2.65. The lowest BCUT2D eigenvalue weighted by atomic mass is 9.75. The largest absolute Gasteiger partial charge is 0.378 e. The quantitative estimate of drug-likeness (QED) is 0.876. The maximum atomic E-state index is 13.1. The zero-order chi connectivity index (χ0) is 12.5. The van der Waals surface area contributed by atoms with Gasteiger partial charge in [0.25, 0.3) is 0 Å². The molecule has 0 aliphatic carbocycles. The summed E-state index contributed by atoms with van der Waals surface area (Å²) in [7, 11) is 0. The number of hydrogen-bond acceptors (Lipinski definition) is 2. The second kappa shape index (κ2) is 4.75. The second-order valence-electron chi connectivity index (χ2n) is 5.08. The van der Waals surface area contributed by atoms with E-state index < -0.39 is 0 Å². The molecular formula is C14H20FNO. The van der Waals surface area contributed by atoms with E-state index in [2.05, 4.69) is 6.92 Å². The molecule has 1 aliphatic heterocycles. The number of hydrogen-bond donors (Lipinski definition) is 1. The monoisotopic (exact) mass is 237 g/mol. The van der Waals surface area contributed by atoms with Crippen LogP contribution in [0.4, 0.5) is 4.39 Å². The molecule has 0 aromatic heterocycles. The Morgan fingerprint density at radius 2 is 2.29 bits per heavy atom. The third-order valence-electron chi connectivity index (χ3n) is 4.08. The zero-order valence-electron chi connectivity index (χ0n) is 10.5. The fourth-order valence-electron chi connectivity index (χ4n) is 2.63. The van der Waals surface area contributed by atoms with Gasteiger partial charge in [-0.25, -0.2) is 4.39 Å². The molecule has 17 heavy (non-hydrogen) atoms. The Balaban J connectivity index is 2.24. The molecule has 1 aliphatic rings. The minimum atomic E-state index is -0.177. The van der Waals surface area contributed by atoms with Crippen LogP contribution in [0.3, 0.4) is 0 Å². The molecule has 1 saturated heterocycles. The van der Waals surface area contributed by atoms with Crippen molar-refractivity contribution in [1.29, 1.82) is 0 Å². The van der Waals surface area contributed by atoms with E-state index in [0.29, 0.717) is 6.54 Å². The molecule has 0 spiro atoms. The van der Waals surface area contributed by atoms with E-state index >= 15 is 0 Å². The average molecular weight is 237 g/mol. The van der Waals surface area contributed by atoms with Gasteiger partial charge in [-0.3, -0.25) is 0 Å². The first-order chi connectivity index (χ1) is 8.07. The van der Waals surface area contributed by atoms with Gasteiger partial charge in [0.15, 0.2) is 0 Å². The fraction of sp³-hybridized carbons (Fsp3) is 0.571. The predicted octanol–water partition coefficient (Wildman–Crippen LogP) is 2.43. The summed E-state index contributed by atoms with van der Waals surface area (Å²) in [6.45, 7) is 5.42. The highest BCUT2D eigenvalue weighted by Crippen LogP contribution is 2.37. The van der Waals surface area contributed by atoms with Crippen molar-refractivity contribution in [2.45, 2.75) is 32.8 Å². The van der Waals surface area contributed by atoms with Crippen molar-refractivity contribution >= 4 is 0 Å². The van der Waals surface area contributed by atoms with Crippen LogP contribution in [0.5, 0.6) is 0 Å². The van der Waals surface area contributed by atoms with Gasteiger partial charge in [0.2, 0.25) is 0 Å². The molecule has 0 amide bonds. The molecule has 0 saturated carbocycles. The molecule has 1 aromatic rings. The molecule has 2 atom stereocenters. The third-order valence-corrected chi connectivity index (χ3v) is 4.08. The lowest BCUT2D eigenvalue weighted by Gasteiger charge is -2.31. The smallest absolute Gasteiger partial charge is 0.123 e. The Morgan fingerprint density at radius 3 is 2.82 bits per heavy atom. The molecule has 2 unspecified atom stereocenters. The molecule has 2 N–H and O–H groups in total. The van der Waals surface area contributed by atoms with Crippen molar-refractivity contribution in [1.82, 2.24) is 0 Å². The van der Waals surface area contributed by atoms with E-state index in [9.17, 15) is 4.39 Å². The van der Waals surface area contributed by atoms with Gasteiger partial charge >= 0.3 is 0 Å². The number of benzene rings is 1. The molecular weight excluding hydrogens is 217 g/mol. The van der Waals surface area contributed by atoms with Crippen molar-refractivity contribution in [3.05, 3.63) is 35.1 Å². The van der Waals surface area contributed by atoms with Gasteiger partial charge in [-0.15, -0.1) is 0 Å². The molecule has 0 radical (unpaired) electrons. The number of nitrogens with two attached hydrogens (primary N) is 1. The predicted molar refractivity (Wildman–Crippen MR) is 66.4 cm³/mol. The van der Waals surface area contributed by atoms with Crippen LogP contribution in [-0.2, 0) is 11.2 Å². The van der Waals surface area contributed by atoms with E-state index in [4.69, 9.17) is 10.5 Å². The van der Waals surface area contributed by atoms with Crippen LogP contribution in [0.1, 0.15) is 24.5 Å². The van der Waals surface area contributed by atoms with Crippen LogP contribution < -0.4 is 5.73 Å². The summed E-state index contributed by atoms with van der Waals surface area (Å²) >= 11 is 0. The second-order valence-corrected chi connectivity index (χ2v) is 5.08. The van der Waals surface area contributed by atoms with Gasteiger partial charge in [-0.05, 0) is 49.9 Å². The summed E-state index contributed by atoms with van der Waals surface area (Å²) < 4.78 is 18.7. The molecule has 94 valence electrons. The van der Waals surface area contributed by atoms with Crippen molar-refractivity contribution in [3.8, 4) is 0 Å². The van der Waals surface area contributed by atoms with Crippen molar-refractivity contribution in [3.63, 3.8) is 0 Å². The van der Waals surface area contributed by atoms with Gasteiger partial charge in [-0.1, -0.05) is 6.07 Å². The van der Waals surface area contributed by atoms with Gasteiger partial charge < -0.3 is 10.5 Å². The van der Waals surface area contributed by atoms with Gasteiger partial charge in [0, 0.05) is 18.6 Å². The van der Waals surface area contributed by atoms with E-state index in [1.54, 1.807) is 6.07 Å².